The Balaban J connectivity index is 2.24. The third kappa shape index (κ3) is 5.35. The Bertz CT molecular complexity index is 312. The molecule has 1 rings (SSSR count). The molecule has 0 aliphatic carbocycles. The number of likely N-dealkylation sites (N-methyl/N-ethyl adjacent to an activating group) is 1. The van der Waals surface area contributed by atoms with Crippen LogP contribution in [0.25, 0.3) is 0 Å². The maximum atomic E-state index is 9.82. The minimum absolute atomic E-state index is 0.321. The first-order valence-corrected chi connectivity index (χ1v) is 6.23. The zero-order valence-electron chi connectivity index (χ0n) is 11.1. The van der Waals surface area contributed by atoms with Crippen molar-refractivity contribution >= 4 is 0 Å². The van der Waals surface area contributed by atoms with Crippen LogP contribution in [0.2, 0.25) is 0 Å². The second-order valence-corrected chi connectivity index (χ2v) is 4.56. The number of hydrogen-bond donors (Lipinski definition) is 2. The maximum absolute atomic E-state index is 9.82. The predicted octanol–water partition coefficient (Wildman–Crippen LogP) is 1.38. The molecule has 0 amide bonds. The summed E-state index contributed by atoms with van der Waals surface area (Å²) in [5.41, 5.74) is 1.18. The molecule has 1 heterocycles. The van der Waals surface area contributed by atoms with E-state index in [4.69, 9.17) is 4.42 Å². The highest BCUT2D eigenvalue weighted by molar-refractivity contribution is 5.14. The van der Waals surface area contributed by atoms with Crippen molar-refractivity contribution in [1.29, 1.82) is 0 Å². The summed E-state index contributed by atoms with van der Waals surface area (Å²) in [5.74, 6) is 0.954. The second kappa shape index (κ2) is 7.48. The number of nitrogens with one attached hydrogen (secondary N) is 1. The van der Waals surface area contributed by atoms with Gasteiger partial charge in [0.1, 0.15) is 5.76 Å². The fourth-order valence-corrected chi connectivity index (χ4v) is 1.80. The first kappa shape index (κ1) is 14.2. The minimum atomic E-state index is -0.321. The lowest BCUT2D eigenvalue weighted by molar-refractivity contribution is 0.121. The standard InChI is InChI=1S/C13H24N2O2/c1-4-6-14-8-13(16)10-15(3)9-12-5-7-17-11(12)2/h5,7,13-14,16H,4,6,8-10H2,1-3H3. The predicted molar refractivity (Wildman–Crippen MR) is 68.9 cm³/mol. The number of nitrogens with zero attached hydrogens (tertiary/aromatic N) is 1. The van der Waals surface area contributed by atoms with E-state index in [2.05, 4.69) is 17.1 Å². The third-order valence-corrected chi connectivity index (χ3v) is 2.74. The van der Waals surface area contributed by atoms with Gasteiger partial charge in [0.2, 0.25) is 0 Å². The van der Waals surface area contributed by atoms with Crippen LogP contribution < -0.4 is 5.32 Å². The van der Waals surface area contributed by atoms with Crippen molar-refractivity contribution in [3.05, 3.63) is 23.7 Å². The summed E-state index contributed by atoms with van der Waals surface area (Å²) in [6, 6.07) is 1.98. The lowest BCUT2D eigenvalue weighted by Gasteiger charge is -2.20. The smallest absolute Gasteiger partial charge is 0.105 e. The van der Waals surface area contributed by atoms with Crippen molar-refractivity contribution < 1.29 is 9.52 Å². The number of aryl methyl sites for hydroxylation is 1. The van der Waals surface area contributed by atoms with Gasteiger partial charge in [0.15, 0.2) is 0 Å². The van der Waals surface area contributed by atoms with Crippen molar-refractivity contribution in [3.63, 3.8) is 0 Å². The molecule has 1 aromatic rings. The average molecular weight is 240 g/mol. The van der Waals surface area contributed by atoms with E-state index in [1.165, 1.54) is 5.56 Å². The van der Waals surface area contributed by atoms with Crippen molar-refractivity contribution in [2.45, 2.75) is 32.9 Å². The molecule has 0 aliphatic rings. The normalized spacial score (nSPS) is 13.2. The number of aliphatic hydroxyl groups excluding tert-OH is 1. The van der Waals surface area contributed by atoms with Crippen LogP contribution in [0, 0.1) is 6.92 Å². The molecule has 0 saturated heterocycles. The first-order chi connectivity index (χ1) is 8.13. The highest BCUT2D eigenvalue weighted by Crippen LogP contribution is 2.10. The molecule has 0 spiro atoms. The molecule has 0 saturated carbocycles. The molecule has 0 aliphatic heterocycles. The van der Waals surface area contributed by atoms with Gasteiger partial charge >= 0.3 is 0 Å². The summed E-state index contributed by atoms with van der Waals surface area (Å²) in [5, 5.41) is 13.0. The second-order valence-electron chi connectivity index (χ2n) is 4.56. The van der Waals surface area contributed by atoms with Gasteiger partial charge in [-0.15, -0.1) is 0 Å². The molecular formula is C13H24N2O2. The van der Waals surface area contributed by atoms with E-state index < -0.39 is 0 Å². The number of aliphatic hydroxyl groups is 1. The fraction of sp³-hybridized carbons (Fsp3) is 0.692. The lowest BCUT2D eigenvalue weighted by atomic mass is 10.2. The van der Waals surface area contributed by atoms with E-state index in [0.29, 0.717) is 13.1 Å². The Morgan fingerprint density at radius 3 is 2.88 bits per heavy atom. The van der Waals surface area contributed by atoms with Gasteiger partial charge in [-0.25, -0.2) is 0 Å². The van der Waals surface area contributed by atoms with Crippen LogP contribution in [0.15, 0.2) is 16.7 Å². The Hall–Kier alpha value is -0.840. The van der Waals surface area contributed by atoms with E-state index in [0.717, 1.165) is 25.3 Å². The zero-order chi connectivity index (χ0) is 12.7. The van der Waals surface area contributed by atoms with Crippen molar-refractivity contribution in [1.82, 2.24) is 10.2 Å². The zero-order valence-corrected chi connectivity index (χ0v) is 11.1. The fourth-order valence-electron chi connectivity index (χ4n) is 1.80. The highest BCUT2D eigenvalue weighted by Gasteiger charge is 2.10. The molecule has 2 N–H and O–H groups in total. The van der Waals surface area contributed by atoms with E-state index >= 15 is 0 Å². The first-order valence-electron chi connectivity index (χ1n) is 6.23. The van der Waals surface area contributed by atoms with Crippen LogP contribution in [0.1, 0.15) is 24.7 Å². The molecule has 1 aromatic heterocycles. The molecule has 0 fully saturated rings. The summed E-state index contributed by atoms with van der Waals surface area (Å²) in [4.78, 5) is 2.11. The summed E-state index contributed by atoms with van der Waals surface area (Å²) < 4.78 is 5.25. The van der Waals surface area contributed by atoms with Crippen molar-refractivity contribution in [2.24, 2.45) is 0 Å². The highest BCUT2D eigenvalue weighted by atomic mass is 16.3. The van der Waals surface area contributed by atoms with Gasteiger partial charge < -0.3 is 14.8 Å². The Morgan fingerprint density at radius 1 is 1.53 bits per heavy atom. The van der Waals surface area contributed by atoms with Gasteiger partial charge in [-0.1, -0.05) is 6.92 Å². The van der Waals surface area contributed by atoms with E-state index in [-0.39, 0.29) is 6.10 Å². The Kier molecular flexibility index (Phi) is 6.26. The van der Waals surface area contributed by atoms with Gasteiger partial charge in [0.05, 0.1) is 12.4 Å². The van der Waals surface area contributed by atoms with Crippen LogP contribution in [0.3, 0.4) is 0 Å². The van der Waals surface area contributed by atoms with E-state index in [9.17, 15) is 5.11 Å². The van der Waals surface area contributed by atoms with Crippen LogP contribution >= 0.6 is 0 Å². The molecule has 98 valence electrons. The van der Waals surface area contributed by atoms with Gasteiger partial charge in [-0.2, -0.15) is 0 Å². The number of hydrogen-bond acceptors (Lipinski definition) is 4. The summed E-state index contributed by atoms with van der Waals surface area (Å²) in [6.45, 7) is 7.17. The summed E-state index contributed by atoms with van der Waals surface area (Å²) in [7, 11) is 2.01. The van der Waals surface area contributed by atoms with Gasteiger partial charge in [0, 0.05) is 25.2 Å². The monoisotopic (exact) mass is 240 g/mol. The van der Waals surface area contributed by atoms with Gasteiger partial charge in [-0.05, 0) is 33.0 Å². The average Bonchev–Trinajstić information content (AvgIpc) is 2.64. The molecule has 0 aromatic carbocycles. The van der Waals surface area contributed by atoms with Crippen molar-refractivity contribution in [3.8, 4) is 0 Å². The maximum Gasteiger partial charge on any atom is 0.105 e. The van der Waals surface area contributed by atoms with Crippen LogP contribution in [-0.4, -0.2) is 42.8 Å². The van der Waals surface area contributed by atoms with Crippen molar-refractivity contribution in [2.75, 3.05) is 26.7 Å². The van der Waals surface area contributed by atoms with Gasteiger partial charge in [0.25, 0.3) is 0 Å². The van der Waals surface area contributed by atoms with Crippen LogP contribution in [0.5, 0.6) is 0 Å². The molecule has 0 radical (unpaired) electrons. The Labute approximate surface area is 104 Å². The molecule has 17 heavy (non-hydrogen) atoms. The van der Waals surface area contributed by atoms with E-state index in [1.54, 1.807) is 6.26 Å². The molecule has 4 heteroatoms. The number of furan rings is 1. The van der Waals surface area contributed by atoms with Gasteiger partial charge in [-0.3, -0.25) is 4.90 Å². The molecular weight excluding hydrogens is 216 g/mol. The van der Waals surface area contributed by atoms with E-state index in [1.807, 2.05) is 20.0 Å². The minimum Gasteiger partial charge on any atom is -0.469 e. The quantitative estimate of drug-likeness (QED) is 0.674. The SMILES string of the molecule is CCCNCC(O)CN(C)Cc1ccoc1C. The summed E-state index contributed by atoms with van der Waals surface area (Å²) >= 11 is 0. The topological polar surface area (TPSA) is 48.6 Å². The molecule has 0 bridgehead atoms. The molecule has 4 nitrogen and oxygen atoms in total. The third-order valence-electron chi connectivity index (χ3n) is 2.74. The number of rotatable bonds is 8. The van der Waals surface area contributed by atoms with Crippen LogP contribution in [0.4, 0.5) is 0 Å². The lowest BCUT2D eigenvalue weighted by Crippen LogP contribution is -2.36. The Morgan fingerprint density at radius 2 is 2.29 bits per heavy atom. The molecule has 1 unspecified atom stereocenters. The largest absolute Gasteiger partial charge is 0.469 e. The van der Waals surface area contributed by atoms with Crippen LogP contribution in [-0.2, 0) is 6.54 Å². The summed E-state index contributed by atoms with van der Waals surface area (Å²) in [6.07, 6.45) is 2.48. The molecule has 1 atom stereocenters.